The average Bonchev–Trinajstić information content (AvgIpc) is 2.52. The molecule has 1 aliphatic carbocycles. The summed E-state index contributed by atoms with van der Waals surface area (Å²) in [5.74, 6) is -1.43. The molecular weight excluding hydrogens is 182 g/mol. The van der Waals surface area contributed by atoms with Gasteiger partial charge in [-0.25, -0.2) is 0 Å². The van der Waals surface area contributed by atoms with Gasteiger partial charge < -0.3 is 10.4 Å². The molecule has 2 N–H and O–H groups in total. The highest BCUT2D eigenvalue weighted by atomic mass is 16.4. The fourth-order valence-electron chi connectivity index (χ4n) is 1.81. The minimum atomic E-state index is -0.812. The summed E-state index contributed by atoms with van der Waals surface area (Å²) in [6.07, 6.45) is 5.35. The molecule has 0 spiro atoms. The van der Waals surface area contributed by atoms with E-state index in [-0.39, 0.29) is 11.9 Å². The monoisotopic (exact) mass is 197 g/mol. The third kappa shape index (κ3) is 2.58. The summed E-state index contributed by atoms with van der Waals surface area (Å²) in [5.41, 5.74) is 0. The summed E-state index contributed by atoms with van der Waals surface area (Å²) in [7, 11) is 0. The molecule has 2 atom stereocenters. The first-order valence-corrected chi connectivity index (χ1v) is 4.81. The number of carbonyl (C=O) groups excluding carboxylic acids is 1. The van der Waals surface area contributed by atoms with Crippen molar-refractivity contribution in [3.05, 3.63) is 12.2 Å². The predicted octanol–water partition coefficient (Wildman–Crippen LogP) is 0.932. The number of carbonyl (C=O) groups is 2. The Morgan fingerprint density at radius 2 is 2.14 bits per heavy atom. The van der Waals surface area contributed by atoms with Crippen molar-refractivity contribution in [2.45, 2.75) is 32.2 Å². The predicted molar refractivity (Wildman–Crippen MR) is 51.7 cm³/mol. The van der Waals surface area contributed by atoms with Crippen LogP contribution in [-0.4, -0.2) is 23.0 Å². The largest absolute Gasteiger partial charge is 0.481 e. The first-order chi connectivity index (χ1) is 6.65. The Kier molecular flexibility index (Phi) is 3.68. The quantitative estimate of drug-likeness (QED) is 0.661. The van der Waals surface area contributed by atoms with Crippen molar-refractivity contribution in [2.75, 3.05) is 0 Å². The second kappa shape index (κ2) is 4.79. The van der Waals surface area contributed by atoms with Crippen LogP contribution in [-0.2, 0) is 9.59 Å². The Morgan fingerprint density at radius 1 is 1.43 bits per heavy atom. The minimum absolute atomic E-state index is 0.198. The molecule has 0 radical (unpaired) electrons. The SMILES string of the molecule is C/C=C/C(=O)NC1CCCC1C(=O)O. The lowest BCUT2D eigenvalue weighted by Gasteiger charge is -2.16. The van der Waals surface area contributed by atoms with Gasteiger partial charge in [-0.3, -0.25) is 9.59 Å². The van der Waals surface area contributed by atoms with Crippen molar-refractivity contribution in [3.8, 4) is 0 Å². The number of nitrogens with one attached hydrogen (secondary N) is 1. The van der Waals surface area contributed by atoms with Crippen molar-refractivity contribution in [1.82, 2.24) is 5.32 Å². The number of hydrogen-bond donors (Lipinski definition) is 2. The summed E-state index contributed by atoms with van der Waals surface area (Å²) >= 11 is 0. The molecule has 4 heteroatoms. The molecule has 2 unspecified atom stereocenters. The molecule has 1 aliphatic rings. The van der Waals surface area contributed by atoms with Crippen LogP contribution >= 0.6 is 0 Å². The van der Waals surface area contributed by atoms with Crippen LogP contribution in [0, 0.1) is 5.92 Å². The minimum Gasteiger partial charge on any atom is -0.481 e. The maximum atomic E-state index is 11.2. The van der Waals surface area contributed by atoms with Crippen LogP contribution in [0.15, 0.2) is 12.2 Å². The highest BCUT2D eigenvalue weighted by Gasteiger charge is 2.33. The van der Waals surface area contributed by atoms with Gasteiger partial charge in [0.15, 0.2) is 0 Å². The summed E-state index contributed by atoms with van der Waals surface area (Å²) in [5, 5.41) is 11.6. The fourth-order valence-corrected chi connectivity index (χ4v) is 1.81. The number of rotatable bonds is 3. The lowest BCUT2D eigenvalue weighted by Crippen LogP contribution is -2.39. The number of aliphatic carboxylic acids is 1. The van der Waals surface area contributed by atoms with Crippen LogP contribution in [0.3, 0.4) is 0 Å². The maximum absolute atomic E-state index is 11.2. The summed E-state index contributed by atoms with van der Waals surface area (Å²) < 4.78 is 0. The molecule has 0 aromatic rings. The molecule has 0 heterocycles. The molecule has 78 valence electrons. The zero-order valence-electron chi connectivity index (χ0n) is 8.19. The van der Waals surface area contributed by atoms with Crippen molar-refractivity contribution in [3.63, 3.8) is 0 Å². The third-order valence-electron chi connectivity index (χ3n) is 2.48. The van der Waals surface area contributed by atoms with E-state index >= 15 is 0 Å². The normalized spacial score (nSPS) is 26.6. The Labute approximate surface area is 83.0 Å². The maximum Gasteiger partial charge on any atom is 0.308 e. The number of carboxylic acid groups (broad SMARTS) is 1. The molecule has 1 rings (SSSR count). The van der Waals surface area contributed by atoms with Crippen molar-refractivity contribution in [2.24, 2.45) is 5.92 Å². The van der Waals surface area contributed by atoms with Crippen molar-refractivity contribution in [1.29, 1.82) is 0 Å². The van der Waals surface area contributed by atoms with Gasteiger partial charge in [0, 0.05) is 6.04 Å². The number of allylic oxidation sites excluding steroid dienone is 1. The van der Waals surface area contributed by atoms with E-state index in [0.29, 0.717) is 6.42 Å². The van der Waals surface area contributed by atoms with E-state index in [1.54, 1.807) is 13.0 Å². The van der Waals surface area contributed by atoms with Gasteiger partial charge in [0.25, 0.3) is 0 Å². The standard InChI is InChI=1S/C10H15NO3/c1-2-4-9(12)11-8-6-3-5-7(8)10(13)14/h2,4,7-8H,3,5-6H2,1H3,(H,11,12)(H,13,14)/b4-2+. The first-order valence-electron chi connectivity index (χ1n) is 4.81. The van der Waals surface area contributed by atoms with E-state index < -0.39 is 11.9 Å². The van der Waals surface area contributed by atoms with E-state index in [0.717, 1.165) is 12.8 Å². The van der Waals surface area contributed by atoms with Crippen LogP contribution < -0.4 is 5.32 Å². The smallest absolute Gasteiger partial charge is 0.308 e. The Balaban J connectivity index is 2.51. The summed E-state index contributed by atoms with van der Waals surface area (Å²) in [4.78, 5) is 22.0. The highest BCUT2D eigenvalue weighted by molar-refractivity contribution is 5.88. The molecule has 0 bridgehead atoms. The zero-order chi connectivity index (χ0) is 10.6. The number of carboxylic acids is 1. The van der Waals surface area contributed by atoms with Gasteiger partial charge in [0.1, 0.15) is 0 Å². The van der Waals surface area contributed by atoms with Gasteiger partial charge in [-0.15, -0.1) is 0 Å². The Bertz CT molecular complexity index is 260. The molecule has 1 amide bonds. The van der Waals surface area contributed by atoms with E-state index in [9.17, 15) is 9.59 Å². The van der Waals surface area contributed by atoms with Gasteiger partial charge in [-0.2, -0.15) is 0 Å². The van der Waals surface area contributed by atoms with Gasteiger partial charge in [-0.1, -0.05) is 12.5 Å². The van der Waals surface area contributed by atoms with Crippen LogP contribution in [0.2, 0.25) is 0 Å². The van der Waals surface area contributed by atoms with E-state index in [4.69, 9.17) is 5.11 Å². The van der Waals surface area contributed by atoms with E-state index in [2.05, 4.69) is 5.32 Å². The summed E-state index contributed by atoms with van der Waals surface area (Å²) in [6.45, 7) is 1.75. The molecule has 0 aliphatic heterocycles. The third-order valence-corrected chi connectivity index (χ3v) is 2.48. The lowest BCUT2D eigenvalue weighted by atomic mass is 10.0. The van der Waals surface area contributed by atoms with E-state index in [1.165, 1.54) is 6.08 Å². The van der Waals surface area contributed by atoms with Crippen molar-refractivity contribution < 1.29 is 14.7 Å². The van der Waals surface area contributed by atoms with Crippen LogP contribution in [0.4, 0.5) is 0 Å². The van der Waals surface area contributed by atoms with Crippen LogP contribution in [0.25, 0.3) is 0 Å². The molecule has 1 saturated carbocycles. The molecule has 4 nitrogen and oxygen atoms in total. The van der Waals surface area contributed by atoms with Gasteiger partial charge >= 0.3 is 5.97 Å². The fraction of sp³-hybridized carbons (Fsp3) is 0.600. The van der Waals surface area contributed by atoms with Gasteiger partial charge in [0.2, 0.25) is 5.91 Å². The second-order valence-corrected chi connectivity index (χ2v) is 3.49. The molecule has 14 heavy (non-hydrogen) atoms. The first kappa shape index (κ1) is 10.8. The zero-order valence-corrected chi connectivity index (χ0v) is 8.19. The Morgan fingerprint density at radius 3 is 2.71 bits per heavy atom. The average molecular weight is 197 g/mol. The molecule has 0 aromatic carbocycles. The second-order valence-electron chi connectivity index (χ2n) is 3.49. The number of hydrogen-bond acceptors (Lipinski definition) is 2. The highest BCUT2D eigenvalue weighted by Crippen LogP contribution is 2.25. The van der Waals surface area contributed by atoms with Crippen LogP contribution in [0.1, 0.15) is 26.2 Å². The Hall–Kier alpha value is -1.32. The van der Waals surface area contributed by atoms with Crippen LogP contribution in [0.5, 0.6) is 0 Å². The molecule has 0 saturated heterocycles. The molecular formula is C10H15NO3. The molecule has 0 aromatic heterocycles. The molecule has 1 fully saturated rings. The van der Waals surface area contributed by atoms with E-state index in [1.807, 2.05) is 0 Å². The topological polar surface area (TPSA) is 66.4 Å². The number of amides is 1. The lowest BCUT2D eigenvalue weighted by molar-refractivity contribution is -0.142. The van der Waals surface area contributed by atoms with Gasteiger partial charge in [0.05, 0.1) is 5.92 Å². The van der Waals surface area contributed by atoms with Crippen molar-refractivity contribution >= 4 is 11.9 Å². The summed E-state index contributed by atoms with van der Waals surface area (Å²) in [6, 6.07) is -0.198. The van der Waals surface area contributed by atoms with Gasteiger partial charge in [-0.05, 0) is 25.8 Å².